The highest BCUT2D eigenvalue weighted by Gasteiger charge is 2.50. The van der Waals surface area contributed by atoms with Gasteiger partial charge in [-0.3, -0.25) is 9.59 Å². The molecule has 0 aliphatic carbocycles. The van der Waals surface area contributed by atoms with E-state index >= 15 is 0 Å². The van der Waals surface area contributed by atoms with Crippen molar-refractivity contribution < 1.29 is 19.1 Å². The molecule has 2 aromatic carbocycles. The topological polar surface area (TPSA) is 67.9 Å². The predicted octanol–water partition coefficient (Wildman–Crippen LogP) is 3.46. The minimum absolute atomic E-state index is 0.0247. The highest BCUT2D eigenvalue weighted by Crippen LogP contribution is 2.47. The standard InChI is InChI=1S/C23H26N2O4/c1-16(26)24-18-10-8-17(9-11-18)12-25-15-23(28-13-21(25)27)14-22(2,3)29-20-7-5-4-6-19(20)23/h4-11H,12-15H2,1-3H3,(H,24,26)/t23-/m1/s1. The molecule has 1 atom stereocenters. The Morgan fingerprint density at radius 1 is 1.14 bits per heavy atom. The molecule has 2 aliphatic heterocycles. The van der Waals surface area contributed by atoms with E-state index in [1.54, 1.807) is 0 Å². The van der Waals surface area contributed by atoms with Crippen LogP contribution in [0.2, 0.25) is 0 Å². The quantitative estimate of drug-likeness (QED) is 0.866. The molecule has 29 heavy (non-hydrogen) atoms. The third kappa shape index (κ3) is 3.98. The molecule has 0 saturated carbocycles. The van der Waals surface area contributed by atoms with Gasteiger partial charge in [0.25, 0.3) is 0 Å². The number of rotatable bonds is 3. The molecule has 0 unspecified atom stereocenters. The number of hydrogen-bond acceptors (Lipinski definition) is 4. The summed E-state index contributed by atoms with van der Waals surface area (Å²) in [5.41, 5.74) is 1.77. The molecule has 6 nitrogen and oxygen atoms in total. The molecule has 4 rings (SSSR count). The van der Waals surface area contributed by atoms with Gasteiger partial charge < -0.3 is 19.7 Å². The number of amides is 2. The SMILES string of the molecule is CC(=O)Nc1ccc(CN2C[C@@]3(CC(C)(C)Oc4ccccc43)OCC2=O)cc1. The summed E-state index contributed by atoms with van der Waals surface area (Å²) in [7, 11) is 0. The van der Waals surface area contributed by atoms with Crippen LogP contribution in [0.3, 0.4) is 0 Å². The van der Waals surface area contributed by atoms with E-state index in [9.17, 15) is 9.59 Å². The number of carbonyl (C=O) groups is 2. The van der Waals surface area contributed by atoms with Crippen LogP contribution in [0.15, 0.2) is 48.5 Å². The van der Waals surface area contributed by atoms with E-state index < -0.39 is 5.60 Å². The molecule has 1 fully saturated rings. The predicted molar refractivity (Wildman–Crippen MR) is 110 cm³/mol. The monoisotopic (exact) mass is 394 g/mol. The summed E-state index contributed by atoms with van der Waals surface area (Å²) in [6, 6.07) is 15.5. The lowest BCUT2D eigenvalue weighted by molar-refractivity contribution is -0.181. The first kappa shape index (κ1) is 19.5. The Bertz CT molecular complexity index is 938. The molecule has 2 aromatic rings. The van der Waals surface area contributed by atoms with Crippen molar-refractivity contribution in [2.75, 3.05) is 18.5 Å². The zero-order valence-corrected chi connectivity index (χ0v) is 17.0. The number of nitrogens with one attached hydrogen (secondary N) is 1. The molecular formula is C23H26N2O4. The number of hydrogen-bond donors (Lipinski definition) is 1. The van der Waals surface area contributed by atoms with Crippen molar-refractivity contribution in [3.63, 3.8) is 0 Å². The van der Waals surface area contributed by atoms with Crippen LogP contribution in [0.5, 0.6) is 5.75 Å². The number of ether oxygens (including phenoxy) is 2. The van der Waals surface area contributed by atoms with Crippen molar-refractivity contribution in [3.8, 4) is 5.75 Å². The Morgan fingerprint density at radius 3 is 2.59 bits per heavy atom. The fourth-order valence-corrected chi connectivity index (χ4v) is 4.31. The van der Waals surface area contributed by atoms with Gasteiger partial charge in [-0.15, -0.1) is 0 Å². The van der Waals surface area contributed by atoms with Crippen molar-refractivity contribution in [1.29, 1.82) is 0 Å². The number of morpholine rings is 1. The summed E-state index contributed by atoms with van der Waals surface area (Å²) in [5, 5.41) is 2.76. The van der Waals surface area contributed by atoms with Crippen molar-refractivity contribution in [2.24, 2.45) is 0 Å². The van der Waals surface area contributed by atoms with Gasteiger partial charge in [0.05, 0.1) is 6.54 Å². The first-order valence-electron chi connectivity index (χ1n) is 9.83. The molecule has 152 valence electrons. The van der Waals surface area contributed by atoms with E-state index in [1.807, 2.05) is 53.4 Å². The lowest BCUT2D eigenvalue weighted by Crippen LogP contribution is -2.57. The van der Waals surface area contributed by atoms with Gasteiger partial charge in [-0.05, 0) is 37.6 Å². The number of nitrogens with zero attached hydrogens (tertiary/aromatic N) is 1. The molecule has 0 radical (unpaired) electrons. The molecule has 2 heterocycles. The van der Waals surface area contributed by atoms with Crippen LogP contribution in [0, 0.1) is 0 Å². The van der Waals surface area contributed by atoms with Crippen LogP contribution in [0.1, 0.15) is 38.3 Å². The molecule has 1 saturated heterocycles. The van der Waals surface area contributed by atoms with Gasteiger partial charge in [0.15, 0.2) is 0 Å². The van der Waals surface area contributed by atoms with Crippen LogP contribution < -0.4 is 10.1 Å². The van der Waals surface area contributed by atoms with Gasteiger partial charge >= 0.3 is 0 Å². The second kappa shape index (κ2) is 7.19. The lowest BCUT2D eigenvalue weighted by atomic mass is 9.79. The fraction of sp³-hybridized carbons (Fsp3) is 0.391. The Hall–Kier alpha value is -2.86. The zero-order valence-electron chi connectivity index (χ0n) is 17.0. The Balaban J connectivity index is 1.58. The summed E-state index contributed by atoms with van der Waals surface area (Å²) in [4.78, 5) is 25.7. The third-order valence-electron chi connectivity index (χ3n) is 5.39. The van der Waals surface area contributed by atoms with E-state index in [0.717, 1.165) is 22.6 Å². The number of benzene rings is 2. The average molecular weight is 394 g/mol. The maximum Gasteiger partial charge on any atom is 0.249 e. The second-order valence-electron chi connectivity index (χ2n) is 8.45. The highest BCUT2D eigenvalue weighted by molar-refractivity contribution is 5.88. The first-order chi connectivity index (χ1) is 13.8. The van der Waals surface area contributed by atoms with Gasteiger partial charge in [0.1, 0.15) is 23.6 Å². The Kier molecular flexibility index (Phi) is 4.82. The van der Waals surface area contributed by atoms with Gasteiger partial charge in [-0.1, -0.05) is 30.3 Å². The largest absolute Gasteiger partial charge is 0.487 e. The fourth-order valence-electron chi connectivity index (χ4n) is 4.31. The third-order valence-corrected chi connectivity index (χ3v) is 5.39. The highest BCUT2D eigenvalue weighted by atomic mass is 16.5. The summed E-state index contributed by atoms with van der Waals surface area (Å²) < 4.78 is 12.3. The van der Waals surface area contributed by atoms with E-state index in [-0.39, 0.29) is 24.0 Å². The molecule has 0 bridgehead atoms. The van der Waals surface area contributed by atoms with E-state index in [2.05, 4.69) is 19.2 Å². The van der Waals surface area contributed by atoms with Crippen LogP contribution in [-0.2, 0) is 26.5 Å². The summed E-state index contributed by atoms with van der Waals surface area (Å²) in [6.07, 6.45) is 0.669. The minimum atomic E-state index is -0.581. The second-order valence-corrected chi connectivity index (χ2v) is 8.45. The molecule has 1 N–H and O–H groups in total. The van der Waals surface area contributed by atoms with Crippen molar-refractivity contribution in [1.82, 2.24) is 4.90 Å². The van der Waals surface area contributed by atoms with Crippen molar-refractivity contribution >= 4 is 17.5 Å². The van der Waals surface area contributed by atoms with Gasteiger partial charge in [-0.25, -0.2) is 0 Å². The lowest BCUT2D eigenvalue weighted by Gasteiger charge is -2.49. The van der Waals surface area contributed by atoms with E-state index in [4.69, 9.17) is 9.47 Å². The average Bonchev–Trinajstić information content (AvgIpc) is 2.65. The number of carbonyl (C=O) groups excluding carboxylic acids is 2. The molecule has 2 amide bonds. The number of fused-ring (bicyclic) bond motifs is 2. The van der Waals surface area contributed by atoms with E-state index in [1.165, 1.54) is 6.92 Å². The zero-order chi connectivity index (χ0) is 20.6. The van der Waals surface area contributed by atoms with Gasteiger partial charge in [-0.2, -0.15) is 0 Å². The maximum absolute atomic E-state index is 12.6. The van der Waals surface area contributed by atoms with Crippen molar-refractivity contribution in [3.05, 3.63) is 59.7 Å². The van der Waals surface area contributed by atoms with Crippen molar-refractivity contribution in [2.45, 2.75) is 44.9 Å². The van der Waals surface area contributed by atoms with Crippen LogP contribution >= 0.6 is 0 Å². The minimum Gasteiger partial charge on any atom is -0.487 e. The smallest absolute Gasteiger partial charge is 0.249 e. The summed E-state index contributed by atoms with van der Waals surface area (Å²) in [5.74, 6) is 0.685. The molecule has 0 aromatic heterocycles. The van der Waals surface area contributed by atoms with Gasteiger partial charge in [0.2, 0.25) is 11.8 Å². The maximum atomic E-state index is 12.6. The number of anilines is 1. The molecule has 1 spiro atoms. The Labute approximate surface area is 170 Å². The number of para-hydroxylation sites is 1. The van der Waals surface area contributed by atoms with Gasteiger partial charge in [0, 0.05) is 31.1 Å². The molecular weight excluding hydrogens is 368 g/mol. The summed E-state index contributed by atoms with van der Waals surface area (Å²) >= 11 is 0. The normalized spacial score (nSPS) is 22.7. The molecule has 6 heteroatoms. The summed E-state index contributed by atoms with van der Waals surface area (Å²) in [6.45, 7) is 6.60. The van der Waals surface area contributed by atoms with Crippen LogP contribution in [-0.4, -0.2) is 35.5 Å². The van der Waals surface area contributed by atoms with E-state index in [0.29, 0.717) is 19.5 Å². The first-order valence-corrected chi connectivity index (χ1v) is 9.83. The Morgan fingerprint density at radius 2 is 1.86 bits per heavy atom. The molecule has 2 aliphatic rings. The van der Waals surface area contributed by atoms with Crippen LogP contribution in [0.4, 0.5) is 5.69 Å². The van der Waals surface area contributed by atoms with Crippen LogP contribution in [0.25, 0.3) is 0 Å².